The molecule has 0 bridgehead atoms. The van der Waals surface area contributed by atoms with E-state index >= 15 is 0 Å². The number of hydrogen-bond donors (Lipinski definition) is 1. The maximum atomic E-state index is 3.78. The molecule has 0 aliphatic carbocycles. The van der Waals surface area contributed by atoms with E-state index in [4.69, 9.17) is 0 Å². The van der Waals surface area contributed by atoms with Crippen LogP contribution in [0.4, 0.5) is 5.69 Å². The number of rotatable bonds is 5. The van der Waals surface area contributed by atoms with Crippen molar-refractivity contribution >= 4 is 5.69 Å². The molecule has 2 aliphatic heterocycles. The van der Waals surface area contributed by atoms with Gasteiger partial charge in [0.15, 0.2) is 0 Å². The highest BCUT2D eigenvalue weighted by molar-refractivity contribution is 5.46. The van der Waals surface area contributed by atoms with E-state index < -0.39 is 0 Å². The molecule has 134 valence electrons. The Balaban J connectivity index is 1.52. The molecule has 1 aromatic rings. The molecule has 3 rings (SSSR count). The zero-order valence-electron chi connectivity index (χ0n) is 15.8. The van der Waals surface area contributed by atoms with Gasteiger partial charge in [-0.05, 0) is 75.5 Å². The smallest absolute Gasteiger partial charge is 0.0389 e. The lowest BCUT2D eigenvalue weighted by atomic mass is 9.97. The molecule has 0 spiro atoms. The Hall–Kier alpha value is -1.06. The van der Waals surface area contributed by atoms with E-state index in [2.05, 4.69) is 60.2 Å². The molecule has 0 radical (unpaired) electrons. The summed E-state index contributed by atoms with van der Waals surface area (Å²) >= 11 is 0. The van der Waals surface area contributed by atoms with Crippen LogP contribution in [0.3, 0.4) is 0 Å². The lowest BCUT2D eigenvalue weighted by Crippen LogP contribution is -2.51. The summed E-state index contributed by atoms with van der Waals surface area (Å²) in [6.45, 7) is 13.1. The monoisotopic (exact) mass is 329 g/mol. The van der Waals surface area contributed by atoms with Gasteiger partial charge in [0, 0.05) is 24.3 Å². The van der Waals surface area contributed by atoms with E-state index in [1.807, 2.05) is 0 Å². The molecular weight excluding hydrogens is 294 g/mol. The molecule has 2 saturated heterocycles. The van der Waals surface area contributed by atoms with Crippen molar-refractivity contribution in [3.63, 3.8) is 0 Å². The first-order valence-electron chi connectivity index (χ1n) is 9.98. The Bertz CT molecular complexity index is 488. The van der Waals surface area contributed by atoms with Gasteiger partial charge in [-0.15, -0.1) is 0 Å². The molecule has 1 N–H and O–H groups in total. The summed E-state index contributed by atoms with van der Waals surface area (Å²) in [5.41, 5.74) is 2.71. The Labute approximate surface area is 148 Å². The third-order valence-electron chi connectivity index (χ3n) is 5.92. The normalized spacial score (nSPS) is 24.4. The van der Waals surface area contributed by atoms with Gasteiger partial charge in [0.05, 0.1) is 0 Å². The highest BCUT2D eigenvalue weighted by Gasteiger charge is 2.28. The number of nitrogens with one attached hydrogen (secondary N) is 1. The van der Waals surface area contributed by atoms with Gasteiger partial charge in [-0.1, -0.05) is 32.9 Å². The van der Waals surface area contributed by atoms with Crippen LogP contribution in [-0.4, -0.2) is 54.6 Å². The predicted octanol–water partition coefficient (Wildman–Crippen LogP) is 4.17. The summed E-state index contributed by atoms with van der Waals surface area (Å²) < 4.78 is 0. The molecule has 0 unspecified atom stereocenters. The molecule has 0 aromatic heterocycles. The van der Waals surface area contributed by atoms with Crippen molar-refractivity contribution in [2.45, 2.75) is 64.5 Å². The zero-order valence-corrected chi connectivity index (χ0v) is 15.8. The van der Waals surface area contributed by atoms with Gasteiger partial charge in [0.25, 0.3) is 0 Å². The number of likely N-dealkylation sites (tertiary alicyclic amines) is 2. The lowest BCUT2D eigenvalue weighted by molar-refractivity contribution is 0.0906. The minimum Gasteiger partial charge on any atom is -0.381 e. The first kappa shape index (κ1) is 17.8. The molecule has 2 fully saturated rings. The maximum absolute atomic E-state index is 3.78. The quantitative estimate of drug-likeness (QED) is 0.874. The number of nitrogens with zero attached hydrogens (tertiary/aromatic N) is 2. The molecule has 3 nitrogen and oxygen atoms in total. The average Bonchev–Trinajstić information content (AvgIpc) is 2.62. The van der Waals surface area contributed by atoms with Crippen LogP contribution >= 0.6 is 0 Å². The highest BCUT2D eigenvalue weighted by Crippen LogP contribution is 2.24. The van der Waals surface area contributed by atoms with Crippen molar-refractivity contribution in [2.75, 3.05) is 38.0 Å². The molecule has 0 amide bonds. The number of anilines is 1. The van der Waals surface area contributed by atoms with Crippen molar-refractivity contribution in [3.8, 4) is 0 Å². The van der Waals surface area contributed by atoms with Gasteiger partial charge in [0.1, 0.15) is 0 Å². The third-order valence-corrected chi connectivity index (χ3v) is 5.92. The zero-order chi connectivity index (χ0) is 16.9. The van der Waals surface area contributed by atoms with E-state index in [1.165, 1.54) is 69.7 Å². The van der Waals surface area contributed by atoms with Crippen LogP contribution in [0, 0.1) is 0 Å². The topological polar surface area (TPSA) is 18.5 Å². The number of benzene rings is 1. The van der Waals surface area contributed by atoms with Crippen molar-refractivity contribution in [2.24, 2.45) is 0 Å². The predicted molar refractivity (Wildman–Crippen MR) is 104 cm³/mol. The van der Waals surface area contributed by atoms with Crippen LogP contribution in [0.25, 0.3) is 0 Å². The fourth-order valence-corrected chi connectivity index (χ4v) is 4.26. The Morgan fingerprint density at radius 1 is 1.04 bits per heavy atom. The summed E-state index contributed by atoms with van der Waals surface area (Å²) in [7, 11) is 0. The van der Waals surface area contributed by atoms with E-state index in [0.29, 0.717) is 12.0 Å². The van der Waals surface area contributed by atoms with Crippen LogP contribution in [0.5, 0.6) is 0 Å². The summed E-state index contributed by atoms with van der Waals surface area (Å²) in [6.07, 6.45) is 5.33. The molecule has 1 aromatic carbocycles. The minimum absolute atomic E-state index is 0.604. The Morgan fingerprint density at radius 2 is 1.75 bits per heavy atom. The molecule has 3 heteroatoms. The largest absolute Gasteiger partial charge is 0.381 e. The van der Waals surface area contributed by atoms with Gasteiger partial charge in [0.2, 0.25) is 0 Å². The van der Waals surface area contributed by atoms with Gasteiger partial charge in [-0.3, -0.25) is 4.90 Å². The van der Waals surface area contributed by atoms with E-state index in [1.54, 1.807) is 0 Å². The third kappa shape index (κ3) is 4.52. The average molecular weight is 330 g/mol. The minimum atomic E-state index is 0.604. The lowest BCUT2D eigenvalue weighted by Gasteiger charge is -2.42. The molecule has 24 heavy (non-hydrogen) atoms. The number of piperidine rings is 2. The molecule has 2 heterocycles. The van der Waals surface area contributed by atoms with E-state index in [9.17, 15) is 0 Å². The van der Waals surface area contributed by atoms with Crippen LogP contribution in [-0.2, 0) is 0 Å². The summed E-state index contributed by atoms with van der Waals surface area (Å²) in [5, 5.41) is 3.78. The van der Waals surface area contributed by atoms with Crippen LogP contribution in [0.2, 0.25) is 0 Å². The standard InChI is InChI=1S/C21H35N3/c1-4-23-14-11-21(12-15-23)24-13-5-6-20(16-24)22-19-9-7-18(8-10-19)17(2)3/h7-10,17,20-22H,4-6,11-16H2,1-3H3/t20-/m1/s1. The second-order valence-electron chi connectivity index (χ2n) is 7.92. The van der Waals surface area contributed by atoms with Crippen LogP contribution in [0.15, 0.2) is 24.3 Å². The van der Waals surface area contributed by atoms with Crippen molar-refractivity contribution < 1.29 is 0 Å². The first-order chi connectivity index (χ1) is 11.7. The molecule has 2 aliphatic rings. The molecular formula is C21H35N3. The van der Waals surface area contributed by atoms with E-state index in [-0.39, 0.29) is 0 Å². The Kier molecular flexibility index (Phi) is 6.18. The first-order valence-corrected chi connectivity index (χ1v) is 9.98. The fourth-order valence-electron chi connectivity index (χ4n) is 4.26. The fraction of sp³-hybridized carbons (Fsp3) is 0.714. The van der Waals surface area contributed by atoms with Gasteiger partial charge >= 0.3 is 0 Å². The second kappa shape index (κ2) is 8.35. The number of hydrogen-bond acceptors (Lipinski definition) is 3. The summed E-state index contributed by atoms with van der Waals surface area (Å²) in [6, 6.07) is 10.5. The van der Waals surface area contributed by atoms with Crippen LogP contribution in [0.1, 0.15) is 57.9 Å². The second-order valence-corrected chi connectivity index (χ2v) is 7.92. The Morgan fingerprint density at radius 3 is 2.38 bits per heavy atom. The summed E-state index contributed by atoms with van der Waals surface area (Å²) in [5.74, 6) is 0.609. The van der Waals surface area contributed by atoms with Crippen molar-refractivity contribution in [1.29, 1.82) is 0 Å². The van der Waals surface area contributed by atoms with E-state index in [0.717, 1.165) is 6.04 Å². The summed E-state index contributed by atoms with van der Waals surface area (Å²) in [4.78, 5) is 5.35. The van der Waals surface area contributed by atoms with Crippen LogP contribution < -0.4 is 5.32 Å². The van der Waals surface area contributed by atoms with Gasteiger partial charge < -0.3 is 10.2 Å². The molecule has 1 atom stereocenters. The maximum Gasteiger partial charge on any atom is 0.0389 e. The SMILES string of the molecule is CCN1CCC(N2CCC[C@@H](Nc3ccc(C(C)C)cc3)C2)CC1. The van der Waals surface area contributed by atoms with Gasteiger partial charge in [-0.25, -0.2) is 0 Å². The van der Waals surface area contributed by atoms with Crippen molar-refractivity contribution in [3.05, 3.63) is 29.8 Å². The van der Waals surface area contributed by atoms with Crippen molar-refractivity contribution in [1.82, 2.24) is 9.80 Å². The van der Waals surface area contributed by atoms with Gasteiger partial charge in [-0.2, -0.15) is 0 Å². The molecule has 0 saturated carbocycles. The highest BCUT2D eigenvalue weighted by atomic mass is 15.2.